The Bertz CT molecular complexity index is 455. The molecule has 0 spiro atoms. The molecule has 0 aliphatic carbocycles. The molecule has 9 heteroatoms. The number of imidazole rings is 1. The summed E-state index contributed by atoms with van der Waals surface area (Å²) in [5.41, 5.74) is -2.71. The van der Waals surface area contributed by atoms with Gasteiger partial charge in [0.25, 0.3) is 0 Å². The minimum Gasteiger partial charge on any atom is -0.481 e. The van der Waals surface area contributed by atoms with Crippen molar-refractivity contribution >= 4 is 17.9 Å². The van der Waals surface area contributed by atoms with E-state index in [1.807, 2.05) is 0 Å². The van der Waals surface area contributed by atoms with Crippen LogP contribution in [0.4, 0.5) is 0 Å². The molecule has 0 bridgehead atoms. The molecule has 0 aromatic carbocycles. The number of aliphatic carboxylic acids is 2. The molecule has 18 heavy (non-hydrogen) atoms. The summed E-state index contributed by atoms with van der Waals surface area (Å²) in [5.74, 6) is -4.48. The standard InChI is InChI=1S/C9H10N2O7/c12-5(13)3-9(17,7(15)16)4-6(14)18-8-10-1-2-11-8/h1-2,17H,3-4H2,(H,10,11)(H,12,13)(H,15,16). The Morgan fingerprint density at radius 1 is 1.33 bits per heavy atom. The second kappa shape index (κ2) is 5.27. The van der Waals surface area contributed by atoms with Crippen molar-refractivity contribution in [1.82, 2.24) is 9.97 Å². The monoisotopic (exact) mass is 258 g/mol. The molecule has 1 heterocycles. The fourth-order valence-electron chi connectivity index (χ4n) is 1.15. The zero-order valence-electron chi connectivity index (χ0n) is 8.99. The predicted octanol–water partition coefficient (Wildman–Crippen LogP) is -1.00. The number of H-pyrrole nitrogens is 1. The molecule has 0 fully saturated rings. The number of hydrogen-bond acceptors (Lipinski definition) is 6. The number of carboxylic acid groups (broad SMARTS) is 2. The van der Waals surface area contributed by atoms with Crippen molar-refractivity contribution < 1.29 is 34.4 Å². The van der Waals surface area contributed by atoms with E-state index in [0.717, 1.165) is 0 Å². The molecule has 1 atom stereocenters. The van der Waals surface area contributed by atoms with Crippen LogP contribution in [0.3, 0.4) is 0 Å². The van der Waals surface area contributed by atoms with Crippen LogP contribution < -0.4 is 4.74 Å². The Balaban J connectivity index is 2.69. The smallest absolute Gasteiger partial charge is 0.336 e. The van der Waals surface area contributed by atoms with Gasteiger partial charge in [0.1, 0.15) is 0 Å². The largest absolute Gasteiger partial charge is 0.481 e. The minimum absolute atomic E-state index is 0.178. The van der Waals surface area contributed by atoms with E-state index < -0.39 is 36.4 Å². The first-order valence-electron chi connectivity index (χ1n) is 4.71. The number of esters is 1. The number of carboxylic acids is 2. The lowest BCUT2D eigenvalue weighted by Gasteiger charge is -2.19. The second-order valence-electron chi connectivity index (χ2n) is 3.45. The Labute approximate surface area is 100 Å². The van der Waals surface area contributed by atoms with Gasteiger partial charge < -0.3 is 25.0 Å². The maximum absolute atomic E-state index is 11.3. The van der Waals surface area contributed by atoms with Crippen molar-refractivity contribution in [2.45, 2.75) is 18.4 Å². The number of carbonyl (C=O) groups is 3. The van der Waals surface area contributed by atoms with Crippen LogP contribution in [0.25, 0.3) is 0 Å². The number of nitrogens with one attached hydrogen (secondary N) is 1. The van der Waals surface area contributed by atoms with Gasteiger partial charge in [0, 0.05) is 12.4 Å². The first-order chi connectivity index (χ1) is 8.33. The average Bonchev–Trinajstić information content (AvgIpc) is 2.68. The van der Waals surface area contributed by atoms with Crippen molar-refractivity contribution in [3.8, 4) is 6.01 Å². The Kier molecular flexibility index (Phi) is 4.00. The van der Waals surface area contributed by atoms with Crippen molar-refractivity contribution in [2.24, 2.45) is 0 Å². The summed E-state index contributed by atoms with van der Waals surface area (Å²) >= 11 is 0. The molecule has 1 rings (SSSR count). The van der Waals surface area contributed by atoms with Gasteiger partial charge >= 0.3 is 23.9 Å². The van der Waals surface area contributed by atoms with Gasteiger partial charge in [-0.3, -0.25) is 9.59 Å². The third kappa shape index (κ3) is 3.56. The molecule has 0 saturated heterocycles. The molecule has 0 radical (unpaired) electrons. The summed E-state index contributed by atoms with van der Waals surface area (Å²) in [4.78, 5) is 38.5. The maximum Gasteiger partial charge on any atom is 0.336 e. The molecule has 4 N–H and O–H groups in total. The van der Waals surface area contributed by atoms with Crippen LogP contribution in [0.1, 0.15) is 12.8 Å². The summed E-state index contributed by atoms with van der Waals surface area (Å²) in [7, 11) is 0. The van der Waals surface area contributed by atoms with E-state index in [2.05, 4.69) is 14.7 Å². The lowest BCUT2D eigenvalue weighted by Crippen LogP contribution is -2.43. The average molecular weight is 258 g/mol. The SMILES string of the molecule is O=C(O)CC(O)(CC(=O)Oc1ncc[nH]1)C(=O)O. The fraction of sp³-hybridized carbons (Fsp3) is 0.333. The topological polar surface area (TPSA) is 150 Å². The van der Waals surface area contributed by atoms with E-state index in [9.17, 15) is 19.5 Å². The zero-order chi connectivity index (χ0) is 13.8. The highest BCUT2D eigenvalue weighted by molar-refractivity contribution is 5.88. The van der Waals surface area contributed by atoms with E-state index >= 15 is 0 Å². The number of aromatic nitrogens is 2. The molecule has 0 aliphatic rings. The van der Waals surface area contributed by atoms with Crippen molar-refractivity contribution in [2.75, 3.05) is 0 Å². The minimum atomic E-state index is -2.71. The van der Waals surface area contributed by atoms with Gasteiger partial charge in [0.05, 0.1) is 12.8 Å². The van der Waals surface area contributed by atoms with Crippen LogP contribution in [0.5, 0.6) is 6.01 Å². The molecule has 0 aliphatic heterocycles. The lowest BCUT2D eigenvalue weighted by molar-refractivity contribution is -0.169. The highest BCUT2D eigenvalue weighted by Crippen LogP contribution is 2.17. The Morgan fingerprint density at radius 2 is 2.00 bits per heavy atom. The van der Waals surface area contributed by atoms with Crippen LogP contribution in [0, 0.1) is 0 Å². The van der Waals surface area contributed by atoms with Crippen molar-refractivity contribution in [1.29, 1.82) is 0 Å². The van der Waals surface area contributed by atoms with Crippen LogP contribution in [-0.4, -0.2) is 48.8 Å². The quantitative estimate of drug-likeness (QED) is 0.474. The first kappa shape index (κ1) is 13.6. The highest BCUT2D eigenvalue weighted by atomic mass is 16.5. The van der Waals surface area contributed by atoms with Gasteiger partial charge in [-0.1, -0.05) is 0 Å². The molecule has 98 valence electrons. The van der Waals surface area contributed by atoms with Crippen LogP contribution in [0.15, 0.2) is 12.4 Å². The number of nitrogens with zero attached hydrogens (tertiary/aromatic N) is 1. The number of aliphatic hydroxyl groups is 1. The van der Waals surface area contributed by atoms with Crippen LogP contribution in [0.2, 0.25) is 0 Å². The van der Waals surface area contributed by atoms with E-state index in [1.54, 1.807) is 0 Å². The summed E-state index contributed by atoms with van der Waals surface area (Å²) in [6.07, 6.45) is 0.539. The summed E-state index contributed by atoms with van der Waals surface area (Å²) in [6.45, 7) is 0. The van der Waals surface area contributed by atoms with Gasteiger partial charge in [-0.2, -0.15) is 0 Å². The third-order valence-electron chi connectivity index (χ3n) is 1.96. The summed E-state index contributed by atoms with van der Waals surface area (Å²) < 4.78 is 4.56. The highest BCUT2D eigenvalue weighted by Gasteiger charge is 2.41. The van der Waals surface area contributed by atoms with Crippen LogP contribution in [-0.2, 0) is 14.4 Å². The molecule has 0 amide bonds. The van der Waals surface area contributed by atoms with Crippen molar-refractivity contribution in [3.63, 3.8) is 0 Å². The maximum atomic E-state index is 11.3. The Hall–Kier alpha value is -2.42. The third-order valence-corrected chi connectivity index (χ3v) is 1.96. The summed E-state index contributed by atoms with van der Waals surface area (Å²) in [5, 5.41) is 26.7. The van der Waals surface area contributed by atoms with E-state index in [-0.39, 0.29) is 6.01 Å². The van der Waals surface area contributed by atoms with E-state index in [0.29, 0.717) is 0 Å². The normalized spacial score (nSPS) is 13.6. The zero-order valence-corrected chi connectivity index (χ0v) is 8.99. The Morgan fingerprint density at radius 3 is 2.44 bits per heavy atom. The van der Waals surface area contributed by atoms with Gasteiger partial charge in [0.15, 0.2) is 5.60 Å². The number of hydrogen-bond donors (Lipinski definition) is 4. The lowest BCUT2D eigenvalue weighted by atomic mass is 9.96. The second-order valence-corrected chi connectivity index (χ2v) is 3.45. The molecular weight excluding hydrogens is 248 g/mol. The number of carbonyl (C=O) groups excluding carboxylic acids is 1. The van der Waals surface area contributed by atoms with Crippen LogP contribution >= 0.6 is 0 Å². The van der Waals surface area contributed by atoms with Crippen molar-refractivity contribution in [3.05, 3.63) is 12.4 Å². The van der Waals surface area contributed by atoms with E-state index in [1.165, 1.54) is 12.4 Å². The molecule has 1 aromatic heterocycles. The van der Waals surface area contributed by atoms with E-state index in [4.69, 9.17) is 10.2 Å². The molecule has 1 aromatic rings. The molecule has 0 saturated carbocycles. The van der Waals surface area contributed by atoms with Gasteiger partial charge in [-0.25, -0.2) is 9.78 Å². The van der Waals surface area contributed by atoms with Gasteiger partial charge in [-0.15, -0.1) is 0 Å². The van der Waals surface area contributed by atoms with Gasteiger partial charge in [0.2, 0.25) is 0 Å². The number of aromatic amines is 1. The predicted molar refractivity (Wildman–Crippen MR) is 53.7 cm³/mol. The van der Waals surface area contributed by atoms with Gasteiger partial charge in [-0.05, 0) is 0 Å². The molecule has 9 nitrogen and oxygen atoms in total. The number of rotatable bonds is 6. The molecular formula is C9H10N2O7. The first-order valence-corrected chi connectivity index (χ1v) is 4.71. The molecule has 1 unspecified atom stereocenters. The fourth-order valence-corrected chi connectivity index (χ4v) is 1.15. The summed E-state index contributed by atoms with van der Waals surface area (Å²) in [6, 6.07) is -0.178. The number of ether oxygens (including phenoxy) is 1.